The Kier molecular flexibility index (Phi) is 7.75. The van der Waals surface area contributed by atoms with Crippen molar-refractivity contribution >= 4 is 80.9 Å². The Bertz CT molecular complexity index is 3260. The molecule has 0 saturated heterocycles. The van der Waals surface area contributed by atoms with Gasteiger partial charge in [0, 0.05) is 31.5 Å². The van der Waals surface area contributed by atoms with E-state index < -0.39 is 0 Å². The average Bonchev–Trinajstić information content (AvgIpc) is 3.66. The molecule has 0 aliphatic rings. The normalized spacial score (nSPS) is 11.6. The van der Waals surface area contributed by atoms with Gasteiger partial charge in [0.05, 0.1) is 5.69 Å². The van der Waals surface area contributed by atoms with Gasteiger partial charge in [0.25, 0.3) is 0 Å². The third-order valence-corrected chi connectivity index (χ3v) is 12.4. The van der Waals surface area contributed by atoms with Gasteiger partial charge in [0.15, 0.2) is 0 Å². The summed E-state index contributed by atoms with van der Waals surface area (Å²) in [6.45, 7) is 0. The van der Waals surface area contributed by atoms with Crippen molar-refractivity contribution in [3.8, 4) is 33.4 Å². The molecule has 0 radical (unpaired) electrons. The van der Waals surface area contributed by atoms with Crippen LogP contribution < -0.4 is 4.90 Å². The molecule has 0 unspecified atom stereocenters. The lowest BCUT2D eigenvalue weighted by Gasteiger charge is -2.27. The van der Waals surface area contributed by atoms with Gasteiger partial charge in [0.1, 0.15) is 0 Å². The molecule has 0 atom stereocenters. The number of nitrogens with zero attached hydrogens (tertiary/aromatic N) is 1. The number of rotatable bonds is 6. The maximum atomic E-state index is 2.45. The molecule has 0 spiro atoms. The first-order chi connectivity index (χ1) is 27.8. The molecule has 11 aromatic rings. The van der Waals surface area contributed by atoms with E-state index in [2.05, 4.69) is 217 Å². The van der Waals surface area contributed by atoms with Gasteiger partial charge in [0.2, 0.25) is 0 Å². The minimum atomic E-state index is 1.11. The summed E-state index contributed by atoms with van der Waals surface area (Å²) in [4.78, 5) is 2.45. The first-order valence-corrected chi connectivity index (χ1v) is 20.0. The summed E-state index contributed by atoms with van der Waals surface area (Å²) in [6.07, 6.45) is 0. The molecular formula is C54H35NS. The van der Waals surface area contributed by atoms with Gasteiger partial charge in [-0.2, -0.15) is 0 Å². The highest BCUT2D eigenvalue weighted by atomic mass is 32.1. The van der Waals surface area contributed by atoms with Crippen molar-refractivity contribution in [2.45, 2.75) is 0 Å². The first-order valence-electron chi connectivity index (χ1n) is 19.2. The van der Waals surface area contributed by atoms with Gasteiger partial charge in [-0.3, -0.25) is 0 Å². The van der Waals surface area contributed by atoms with Crippen LogP contribution in [0.15, 0.2) is 212 Å². The maximum absolute atomic E-state index is 2.45. The van der Waals surface area contributed by atoms with E-state index in [0.29, 0.717) is 0 Å². The van der Waals surface area contributed by atoms with E-state index in [9.17, 15) is 0 Å². The molecule has 2 heteroatoms. The SMILES string of the molecule is c1cc(-c2cccc(N(c3ccc(-c4cc5ccccc5c5ccccc45)cc3)c3cccc4sc5ccccc5c34)c2)cc(-c2cccc3ccccc23)c1. The highest BCUT2D eigenvalue weighted by molar-refractivity contribution is 7.26. The van der Waals surface area contributed by atoms with Crippen molar-refractivity contribution in [3.05, 3.63) is 212 Å². The summed E-state index contributed by atoms with van der Waals surface area (Å²) in [6, 6.07) is 77.8. The summed E-state index contributed by atoms with van der Waals surface area (Å²) in [7, 11) is 0. The minimum absolute atomic E-state index is 1.11. The molecule has 0 amide bonds. The van der Waals surface area contributed by atoms with Crippen molar-refractivity contribution in [1.82, 2.24) is 0 Å². The summed E-state index contributed by atoms with van der Waals surface area (Å²) in [5.74, 6) is 0. The lowest BCUT2D eigenvalue weighted by Crippen LogP contribution is -2.10. The number of hydrogen-bond acceptors (Lipinski definition) is 2. The second-order valence-corrected chi connectivity index (χ2v) is 15.6. The van der Waals surface area contributed by atoms with Crippen molar-refractivity contribution in [3.63, 3.8) is 0 Å². The minimum Gasteiger partial charge on any atom is -0.310 e. The van der Waals surface area contributed by atoms with Crippen molar-refractivity contribution in [2.24, 2.45) is 0 Å². The second-order valence-electron chi connectivity index (χ2n) is 14.5. The third kappa shape index (κ3) is 5.46. The van der Waals surface area contributed by atoms with Gasteiger partial charge in [-0.15, -0.1) is 11.3 Å². The number of fused-ring (bicyclic) bond motifs is 7. The Morgan fingerprint density at radius 2 is 0.911 bits per heavy atom. The fraction of sp³-hybridized carbons (Fsp3) is 0. The molecule has 0 aliphatic heterocycles. The molecule has 0 N–H and O–H groups in total. The topological polar surface area (TPSA) is 3.24 Å². The molecule has 56 heavy (non-hydrogen) atoms. The van der Waals surface area contributed by atoms with Crippen molar-refractivity contribution in [2.75, 3.05) is 4.90 Å². The summed E-state index contributed by atoms with van der Waals surface area (Å²) in [5.41, 5.74) is 10.7. The zero-order valence-corrected chi connectivity index (χ0v) is 31.4. The summed E-state index contributed by atoms with van der Waals surface area (Å²) >= 11 is 1.86. The highest BCUT2D eigenvalue weighted by Gasteiger charge is 2.20. The summed E-state index contributed by atoms with van der Waals surface area (Å²) < 4.78 is 2.58. The van der Waals surface area contributed by atoms with Gasteiger partial charge in [-0.1, -0.05) is 158 Å². The average molecular weight is 730 g/mol. The van der Waals surface area contributed by atoms with Gasteiger partial charge in [-0.25, -0.2) is 0 Å². The number of hydrogen-bond donors (Lipinski definition) is 0. The molecule has 262 valence electrons. The van der Waals surface area contributed by atoms with Crippen LogP contribution in [0.1, 0.15) is 0 Å². The molecule has 1 nitrogen and oxygen atoms in total. The van der Waals surface area contributed by atoms with Gasteiger partial charge < -0.3 is 4.90 Å². The molecule has 0 fully saturated rings. The molecule has 10 aromatic carbocycles. The molecule has 1 heterocycles. The van der Waals surface area contributed by atoms with Crippen LogP contribution in [0.4, 0.5) is 17.1 Å². The van der Waals surface area contributed by atoms with Crippen molar-refractivity contribution in [1.29, 1.82) is 0 Å². The molecule has 1 aromatic heterocycles. The highest BCUT2D eigenvalue weighted by Crippen LogP contribution is 2.46. The smallest absolute Gasteiger partial charge is 0.0554 e. The fourth-order valence-electron chi connectivity index (χ4n) is 8.62. The lowest BCUT2D eigenvalue weighted by molar-refractivity contribution is 1.30. The molecule has 0 aliphatic carbocycles. The summed E-state index contributed by atoms with van der Waals surface area (Å²) in [5, 5.41) is 10.2. The van der Waals surface area contributed by atoms with Crippen LogP contribution in [0, 0.1) is 0 Å². The molecule has 0 saturated carbocycles. The Balaban J connectivity index is 1.07. The monoisotopic (exact) mass is 729 g/mol. The molecule has 0 bridgehead atoms. The van der Waals surface area contributed by atoms with Gasteiger partial charge >= 0.3 is 0 Å². The van der Waals surface area contributed by atoms with Crippen LogP contribution >= 0.6 is 11.3 Å². The quantitative estimate of drug-likeness (QED) is 0.154. The van der Waals surface area contributed by atoms with Crippen LogP contribution in [0.25, 0.3) is 85.9 Å². The Hall–Kier alpha value is -7.00. The van der Waals surface area contributed by atoms with Crippen LogP contribution in [0.3, 0.4) is 0 Å². The Morgan fingerprint density at radius 3 is 1.77 bits per heavy atom. The van der Waals surface area contributed by atoms with Crippen LogP contribution in [0.2, 0.25) is 0 Å². The molecular weight excluding hydrogens is 695 g/mol. The zero-order valence-electron chi connectivity index (χ0n) is 30.6. The third-order valence-electron chi connectivity index (χ3n) is 11.2. The van der Waals surface area contributed by atoms with Crippen LogP contribution in [-0.2, 0) is 0 Å². The predicted molar refractivity (Wildman–Crippen MR) is 243 cm³/mol. The standard InChI is InChI=1S/C54H35NS/c1-3-20-44-36(13-1)15-11-25-45(44)40-18-9-16-38(33-40)39-17-10-19-43(34-39)55(51-26-12-28-53-54(51)49-24-7-8-27-52(49)56-53)42-31-29-37(30-32-42)50-35-41-14-2-4-21-46(41)47-22-5-6-23-48(47)50/h1-35H. The fourth-order valence-corrected chi connectivity index (χ4v) is 9.75. The van der Waals surface area contributed by atoms with E-state index >= 15 is 0 Å². The Morgan fingerprint density at radius 1 is 0.304 bits per heavy atom. The largest absolute Gasteiger partial charge is 0.310 e. The van der Waals surface area contributed by atoms with Gasteiger partial charge in [-0.05, 0) is 120 Å². The van der Waals surface area contributed by atoms with E-state index in [-0.39, 0.29) is 0 Å². The second kappa shape index (κ2) is 13.4. The Labute approximate surface area is 330 Å². The number of benzene rings is 10. The predicted octanol–water partition coefficient (Wildman–Crippen LogP) is 16.0. The van der Waals surface area contributed by atoms with E-state index in [1.54, 1.807) is 0 Å². The van der Waals surface area contributed by atoms with E-state index in [1.165, 1.54) is 91.6 Å². The van der Waals surface area contributed by atoms with Crippen molar-refractivity contribution < 1.29 is 0 Å². The van der Waals surface area contributed by atoms with E-state index in [0.717, 1.165) is 11.4 Å². The van der Waals surface area contributed by atoms with E-state index in [1.807, 2.05) is 11.3 Å². The number of thiophene rings is 1. The lowest BCUT2D eigenvalue weighted by atomic mass is 9.93. The first kappa shape index (κ1) is 32.4. The maximum Gasteiger partial charge on any atom is 0.0554 e. The molecule has 11 rings (SSSR count). The van der Waals surface area contributed by atoms with Crippen LogP contribution in [-0.4, -0.2) is 0 Å². The number of anilines is 3. The van der Waals surface area contributed by atoms with Crippen LogP contribution in [0.5, 0.6) is 0 Å². The van der Waals surface area contributed by atoms with E-state index in [4.69, 9.17) is 0 Å². The zero-order chi connectivity index (χ0) is 37.0.